The average molecular weight is 829 g/mol. The fraction of sp³-hybridized carbons (Fsp3) is 0.978. The fourth-order valence-electron chi connectivity index (χ4n) is 9.91. The van der Waals surface area contributed by atoms with Gasteiger partial charge in [-0.2, -0.15) is 0 Å². The summed E-state index contributed by atoms with van der Waals surface area (Å²) in [6.45, 7) is 35.9. The Morgan fingerprint density at radius 2 is 1.47 bits per heavy atom. The van der Waals surface area contributed by atoms with Gasteiger partial charge in [0.1, 0.15) is 11.7 Å². The molecule has 11 nitrogen and oxygen atoms in total. The predicted octanol–water partition coefficient (Wildman–Crippen LogP) is 7.86. The first-order valence-corrected chi connectivity index (χ1v) is 25.1. The Kier molecular flexibility index (Phi) is 17.0. The van der Waals surface area contributed by atoms with E-state index < -0.39 is 74.3 Å². The third-order valence-corrected chi connectivity index (χ3v) is 18.7. The van der Waals surface area contributed by atoms with Crippen LogP contribution < -0.4 is 0 Å². The molecule has 0 saturated carbocycles. The Hall–Kier alpha value is -0.673. The molecule has 3 heterocycles. The molecule has 0 bridgehead atoms. The van der Waals surface area contributed by atoms with E-state index in [1.165, 1.54) is 0 Å². The maximum atomic E-state index is 14.7. The summed E-state index contributed by atoms with van der Waals surface area (Å²) in [5.74, 6) is -1.79. The van der Waals surface area contributed by atoms with Crippen molar-refractivity contribution in [2.45, 2.75) is 227 Å². The summed E-state index contributed by atoms with van der Waals surface area (Å²) in [6, 6.07) is -0.0375. The summed E-state index contributed by atoms with van der Waals surface area (Å²) < 4.78 is 40.7. The molecule has 0 spiro atoms. The van der Waals surface area contributed by atoms with E-state index in [0.717, 1.165) is 12.8 Å². The van der Waals surface area contributed by atoms with E-state index in [1.54, 1.807) is 6.92 Å². The Balaban J connectivity index is 2.22. The number of hydrogen-bond acceptors (Lipinski definition) is 11. The van der Waals surface area contributed by atoms with Crippen LogP contribution in [0.4, 0.5) is 0 Å². The van der Waals surface area contributed by atoms with Gasteiger partial charge in [0, 0.05) is 36.9 Å². The molecular formula is C45H88N2O9Si. The van der Waals surface area contributed by atoms with E-state index in [1.807, 2.05) is 27.7 Å². The lowest BCUT2D eigenvalue weighted by Gasteiger charge is -2.49. The summed E-state index contributed by atoms with van der Waals surface area (Å²) in [5, 5.41) is 25.4. The van der Waals surface area contributed by atoms with Crippen LogP contribution in [-0.2, 0) is 32.9 Å². The summed E-state index contributed by atoms with van der Waals surface area (Å²) in [5.41, 5.74) is -2.93. The van der Waals surface area contributed by atoms with Crippen molar-refractivity contribution in [2.75, 3.05) is 27.7 Å². The fourth-order valence-corrected chi connectivity index (χ4v) is 11.3. The van der Waals surface area contributed by atoms with Gasteiger partial charge < -0.3 is 48.1 Å². The third kappa shape index (κ3) is 12.5. The summed E-state index contributed by atoms with van der Waals surface area (Å²) >= 11 is 0. The number of carbonyl (C=O) groups is 1. The molecule has 0 amide bonds. The normalized spacial score (nSPS) is 43.9. The van der Waals surface area contributed by atoms with Crippen LogP contribution in [0.1, 0.15) is 136 Å². The van der Waals surface area contributed by atoms with Crippen LogP contribution in [0.25, 0.3) is 0 Å². The largest absolute Gasteiger partial charge is 0.459 e. The lowest BCUT2D eigenvalue weighted by atomic mass is 9.77. The molecule has 336 valence electrons. The van der Waals surface area contributed by atoms with Crippen LogP contribution in [0.5, 0.6) is 0 Å². The van der Waals surface area contributed by atoms with E-state index >= 15 is 0 Å². The maximum Gasteiger partial charge on any atom is 0.311 e. The van der Waals surface area contributed by atoms with Gasteiger partial charge >= 0.3 is 5.97 Å². The van der Waals surface area contributed by atoms with Crippen LogP contribution in [0.3, 0.4) is 0 Å². The van der Waals surface area contributed by atoms with Crippen molar-refractivity contribution >= 4 is 14.3 Å². The molecule has 0 radical (unpaired) electrons. The Bertz CT molecular complexity index is 1290. The topological polar surface area (TPSA) is 119 Å². The molecule has 0 aliphatic carbocycles. The van der Waals surface area contributed by atoms with Gasteiger partial charge in [-0.15, -0.1) is 0 Å². The molecule has 0 aromatic rings. The van der Waals surface area contributed by atoms with Gasteiger partial charge in [-0.25, -0.2) is 0 Å². The molecule has 3 saturated heterocycles. The first-order chi connectivity index (χ1) is 25.8. The van der Waals surface area contributed by atoms with Gasteiger partial charge in [0.25, 0.3) is 0 Å². The van der Waals surface area contributed by atoms with Gasteiger partial charge in [-0.3, -0.25) is 4.79 Å². The zero-order chi connectivity index (χ0) is 43.8. The number of nitrogens with zero attached hydrogens (tertiary/aromatic N) is 2. The van der Waals surface area contributed by atoms with Crippen molar-refractivity contribution < 1.29 is 43.1 Å². The summed E-state index contributed by atoms with van der Waals surface area (Å²) in [7, 11) is 3.80. The lowest BCUT2D eigenvalue weighted by Crippen LogP contribution is -2.63. The summed E-state index contributed by atoms with van der Waals surface area (Å²) in [4.78, 5) is 19.1. The number of ether oxygens (including phenoxy) is 5. The highest BCUT2D eigenvalue weighted by atomic mass is 28.4. The van der Waals surface area contributed by atoms with Crippen molar-refractivity contribution in [2.24, 2.45) is 29.1 Å². The number of aliphatic hydroxyl groups is 2. The first-order valence-electron chi connectivity index (χ1n) is 22.2. The monoisotopic (exact) mass is 829 g/mol. The van der Waals surface area contributed by atoms with Gasteiger partial charge in [0.15, 0.2) is 20.9 Å². The smallest absolute Gasteiger partial charge is 0.311 e. The molecule has 3 aliphatic rings. The molecule has 57 heavy (non-hydrogen) atoms. The second-order valence-electron chi connectivity index (χ2n) is 21.9. The molecule has 16 atom stereocenters. The average Bonchev–Trinajstić information content (AvgIpc) is 3.05. The van der Waals surface area contributed by atoms with Crippen LogP contribution in [0, 0.1) is 29.1 Å². The molecule has 0 aromatic heterocycles. The highest BCUT2D eigenvalue weighted by Crippen LogP contribution is 2.43. The quantitative estimate of drug-likeness (QED) is 0.184. The highest BCUT2D eigenvalue weighted by Gasteiger charge is 2.53. The van der Waals surface area contributed by atoms with E-state index in [0.29, 0.717) is 25.8 Å². The van der Waals surface area contributed by atoms with Gasteiger partial charge in [-0.05, 0) is 118 Å². The summed E-state index contributed by atoms with van der Waals surface area (Å²) in [6.07, 6.45) is -1.15. The van der Waals surface area contributed by atoms with Crippen molar-refractivity contribution in [1.29, 1.82) is 0 Å². The van der Waals surface area contributed by atoms with E-state index in [2.05, 4.69) is 113 Å². The predicted molar refractivity (Wildman–Crippen MR) is 230 cm³/mol. The standard InChI is InChI=1S/C45H88N2O9Si/c1-21-35-45(15,50)39(56-57(19,20)42(9,10)11)33(8)47(18)26-27(2)23-44(14,49)38(55-41-30(5)34(46(16)17)22-28(3)52-41)31(6)37(32(7)40(48)53-35)54-36-25-43(12,13)24-29(4)51-36/h27-39,41,49-50H,21-26H2,1-20H3/t27-,28-,29+,30-,31+,32-,33-,34+,35-,36?,37+,38-,39-,41?,44-,45-/m1/s1. The molecule has 2 N–H and O–H groups in total. The molecular weight excluding hydrogens is 741 g/mol. The minimum Gasteiger partial charge on any atom is -0.459 e. The zero-order valence-corrected chi connectivity index (χ0v) is 41.0. The van der Waals surface area contributed by atoms with Gasteiger partial charge in [-0.1, -0.05) is 62.3 Å². The Labute approximate surface area is 349 Å². The van der Waals surface area contributed by atoms with Crippen molar-refractivity contribution in [3.63, 3.8) is 0 Å². The highest BCUT2D eigenvalue weighted by molar-refractivity contribution is 6.74. The molecule has 2 unspecified atom stereocenters. The maximum absolute atomic E-state index is 14.7. The van der Waals surface area contributed by atoms with Crippen LogP contribution >= 0.6 is 0 Å². The van der Waals surface area contributed by atoms with Crippen molar-refractivity contribution in [1.82, 2.24) is 9.80 Å². The zero-order valence-electron chi connectivity index (χ0n) is 40.0. The Morgan fingerprint density at radius 3 is 2.00 bits per heavy atom. The second kappa shape index (κ2) is 19.2. The van der Waals surface area contributed by atoms with Crippen molar-refractivity contribution in [3.8, 4) is 0 Å². The number of esters is 1. The number of likely N-dealkylation sites (N-methyl/N-ethyl adjacent to an activating group) is 1. The van der Waals surface area contributed by atoms with Crippen molar-refractivity contribution in [3.05, 3.63) is 0 Å². The Morgan fingerprint density at radius 1 is 0.877 bits per heavy atom. The SMILES string of the molecule is CC[C@H]1OC(=O)[C@H](C)[C@@H](OC2CC(C)(C)C[C@H](C)O2)[C@H](C)[C@@H](OC2O[C@H](C)C[C@H](N(C)C)[C@H]2C)[C@](C)(O)C[C@@H](C)CN(C)[C@H](C)[C@@H](O[Si](C)(C)C(C)(C)C)[C@]1(C)O. The number of cyclic esters (lactones) is 1. The van der Waals surface area contributed by atoms with E-state index in [4.69, 9.17) is 28.1 Å². The van der Waals surface area contributed by atoms with Crippen LogP contribution in [0.2, 0.25) is 18.1 Å². The number of hydrogen-bond donors (Lipinski definition) is 2. The molecule has 3 rings (SSSR count). The van der Waals surface area contributed by atoms with Crippen LogP contribution in [-0.4, -0.2) is 134 Å². The minimum absolute atomic E-state index is 0.00691. The lowest BCUT2D eigenvalue weighted by molar-refractivity contribution is -0.298. The molecule has 3 aliphatic heterocycles. The van der Waals surface area contributed by atoms with E-state index in [-0.39, 0.29) is 46.6 Å². The number of carbonyl (C=O) groups excluding carboxylic acids is 1. The second-order valence-corrected chi connectivity index (χ2v) is 26.7. The first kappa shape index (κ1) is 50.7. The van der Waals surface area contributed by atoms with Gasteiger partial charge in [0.2, 0.25) is 0 Å². The van der Waals surface area contributed by atoms with Gasteiger partial charge in [0.05, 0.1) is 42.0 Å². The third-order valence-electron chi connectivity index (χ3n) is 14.2. The van der Waals surface area contributed by atoms with Crippen LogP contribution in [0.15, 0.2) is 0 Å². The van der Waals surface area contributed by atoms with E-state index in [9.17, 15) is 15.0 Å². The molecule has 3 fully saturated rings. The number of rotatable bonds is 8. The minimum atomic E-state index is -2.43. The molecule has 0 aromatic carbocycles. The molecule has 12 heteroatoms.